The minimum atomic E-state index is 0.0816. The standard InChI is InChI=1S/C35H54N2P2/c38-35(30-4-6-36-18-30,31-5-7-37-19-31)32-3-1-2-25(32)20-39(33-26-10-21-8-22(12-26)13-27(33)11-21)34-28-14-23-9-24(16-28)17-29(34)15-23/h1-3,21-24,26-34,36-37H,4-20,38H2. The van der Waals surface area contributed by atoms with Crippen molar-refractivity contribution >= 4 is 17.2 Å². The summed E-state index contributed by atoms with van der Waals surface area (Å²) in [6, 6.07) is 0. The highest BCUT2D eigenvalue weighted by molar-refractivity contribution is 7.59. The van der Waals surface area contributed by atoms with Gasteiger partial charge in [-0.1, -0.05) is 31.7 Å². The minimum Gasteiger partial charge on any atom is -0.316 e. The molecule has 8 bridgehead atoms. The Morgan fingerprint density at radius 3 is 1.56 bits per heavy atom. The summed E-state index contributed by atoms with van der Waals surface area (Å²) in [4.78, 5) is 0. The van der Waals surface area contributed by atoms with Crippen LogP contribution in [-0.4, -0.2) is 48.8 Å². The molecule has 11 aliphatic rings. The molecule has 4 unspecified atom stereocenters. The van der Waals surface area contributed by atoms with Crippen molar-refractivity contribution in [3.63, 3.8) is 0 Å². The first-order valence-corrected chi connectivity index (χ1v) is 19.7. The summed E-state index contributed by atoms with van der Waals surface area (Å²) in [5.41, 5.74) is 4.15. The van der Waals surface area contributed by atoms with E-state index in [2.05, 4.69) is 38.1 Å². The normalized spacial score (nSPS) is 53.5. The summed E-state index contributed by atoms with van der Waals surface area (Å²) < 4.78 is 0. The summed E-state index contributed by atoms with van der Waals surface area (Å²) in [5.74, 6) is 11.2. The fourth-order valence-electron chi connectivity index (χ4n) is 13.7. The van der Waals surface area contributed by atoms with Gasteiger partial charge in [0, 0.05) is 11.1 Å². The van der Waals surface area contributed by atoms with E-state index in [0.717, 1.165) is 70.5 Å². The minimum absolute atomic E-state index is 0.0816. The molecule has 0 radical (unpaired) electrons. The lowest BCUT2D eigenvalue weighted by atomic mass is 9.55. The highest BCUT2D eigenvalue weighted by Crippen LogP contribution is 2.72. The zero-order chi connectivity index (χ0) is 25.7. The average Bonchev–Trinajstić information content (AvgIpc) is 3.71. The van der Waals surface area contributed by atoms with E-state index in [0.29, 0.717) is 11.1 Å². The van der Waals surface area contributed by atoms with Crippen LogP contribution < -0.4 is 10.6 Å². The Morgan fingerprint density at radius 1 is 0.692 bits per heavy atom. The lowest BCUT2D eigenvalue weighted by Gasteiger charge is -2.62. The number of nitrogens with one attached hydrogen (secondary N) is 2. The fourth-order valence-corrected chi connectivity index (χ4v) is 19.2. The average molecular weight is 565 g/mol. The van der Waals surface area contributed by atoms with Gasteiger partial charge >= 0.3 is 0 Å². The van der Waals surface area contributed by atoms with Crippen LogP contribution in [0.1, 0.15) is 77.0 Å². The highest BCUT2D eigenvalue weighted by atomic mass is 31.1. The highest BCUT2D eigenvalue weighted by Gasteiger charge is 2.58. The van der Waals surface area contributed by atoms with Crippen LogP contribution in [0.2, 0.25) is 0 Å². The van der Waals surface area contributed by atoms with Crippen molar-refractivity contribution in [2.24, 2.45) is 65.1 Å². The second kappa shape index (κ2) is 9.90. The predicted molar refractivity (Wildman–Crippen MR) is 169 cm³/mol. The van der Waals surface area contributed by atoms with E-state index in [1.807, 2.05) is 5.57 Å². The molecule has 0 aromatic carbocycles. The van der Waals surface area contributed by atoms with Crippen molar-refractivity contribution < 1.29 is 0 Å². The lowest BCUT2D eigenvalue weighted by molar-refractivity contribution is 0.0130. The monoisotopic (exact) mass is 564 g/mol. The third kappa shape index (κ3) is 4.14. The largest absolute Gasteiger partial charge is 0.316 e. The second-order valence-electron chi connectivity index (χ2n) is 16.5. The molecule has 11 rings (SSSR count). The van der Waals surface area contributed by atoms with Gasteiger partial charge in [-0.3, -0.25) is 0 Å². The van der Waals surface area contributed by atoms with Crippen molar-refractivity contribution in [2.45, 2.75) is 93.5 Å². The Balaban J connectivity index is 1.06. The molecule has 214 valence electrons. The molecule has 8 saturated carbocycles. The molecular weight excluding hydrogens is 510 g/mol. The molecular formula is C35H54N2P2. The number of hydrogen-bond donors (Lipinski definition) is 2. The maximum Gasteiger partial charge on any atom is 0.00837 e. The fraction of sp³-hybridized carbons (Fsp3) is 0.886. The van der Waals surface area contributed by atoms with Crippen LogP contribution in [0, 0.1) is 65.1 Å². The smallest absolute Gasteiger partial charge is 0.00837 e. The first kappa shape index (κ1) is 25.7. The van der Waals surface area contributed by atoms with Crippen LogP contribution >= 0.6 is 17.2 Å². The second-order valence-corrected chi connectivity index (χ2v) is 20.0. The summed E-state index contributed by atoms with van der Waals surface area (Å²) in [6.45, 7) is 4.92. The van der Waals surface area contributed by atoms with Crippen LogP contribution in [0.25, 0.3) is 0 Å². The SMILES string of the molecule is PC(C1CCNC1)(C1CCNC1)C1C=CC=C1CP(C1C2CC3CC(C2)CC1C3)C1C2CC3CC(C2)CC1C3. The van der Waals surface area contributed by atoms with E-state index in [9.17, 15) is 0 Å². The van der Waals surface area contributed by atoms with Gasteiger partial charge in [0.1, 0.15) is 0 Å². The Morgan fingerprint density at radius 2 is 1.15 bits per heavy atom. The Labute approximate surface area is 242 Å². The van der Waals surface area contributed by atoms with Crippen LogP contribution in [-0.2, 0) is 0 Å². The van der Waals surface area contributed by atoms with Crippen molar-refractivity contribution in [2.75, 3.05) is 32.3 Å². The maximum atomic E-state index is 3.78. The topological polar surface area (TPSA) is 24.1 Å². The van der Waals surface area contributed by atoms with Gasteiger partial charge in [-0.25, -0.2) is 0 Å². The van der Waals surface area contributed by atoms with Crippen LogP contribution in [0.3, 0.4) is 0 Å². The van der Waals surface area contributed by atoms with Crippen LogP contribution in [0.5, 0.6) is 0 Å². The van der Waals surface area contributed by atoms with Crippen molar-refractivity contribution in [1.29, 1.82) is 0 Å². The van der Waals surface area contributed by atoms with Gasteiger partial charge in [0.2, 0.25) is 0 Å². The molecule has 0 aromatic rings. The summed E-state index contributed by atoms with van der Waals surface area (Å²) in [5, 5.41) is 7.90. The molecule has 4 atom stereocenters. The molecule has 2 saturated heterocycles. The molecule has 0 aromatic heterocycles. The molecule has 4 heteroatoms. The van der Waals surface area contributed by atoms with Gasteiger partial charge < -0.3 is 10.6 Å². The van der Waals surface area contributed by atoms with Crippen LogP contribution in [0.15, 0.2) is 23.8 Å². The third-order valence-corrected chi connectivity index (χ3v) is 19.8. The third-order valence-electron chi connectivity index (χ3n) is 14.6. The molecule has 9 aliphatic carbocycles. The molecule has 2 aliphatic heterocycles. The van der Waals surface area contributed by atoms with E-state index in [-0.39, 0.29) is 7.92 Å². The predicted octanol–water partition coefficient (Wildman–Crippen LogP) is 7.06. The summed E-state index contributed by atoms with van der Waals surface area (Å²) >= 11 is 0. The summed E-state index contributed by atoms with van der Waals surface area (Å²) in [7, 11) is 3.68. The van der Waals surface area contributed by atoms with Crippen molar-refractivity contribution in [3.05, 3.63) is 23.8 Å². The molecule has 2 N–H and O–H groups in total. The molecule has 39 heavy (non-hydrogen) atoms. The zero-order valence-electron chi connectivity index (χ0n) is 24.3. The van der Waals surface area contributed by atoms with Gasteiger partial charge in [-0.2, -0.15) is 0 Å². The molecule has 2 nitrogen and oxygen atoms in total. The number of rotatable bonds is 7. The first-order valence-electron chi connectivity index (χ1n) is 17.5. The van der Waals surface area contributed by atoms with E-state index >= 15 is 0 Å². The van der Waals surface area contributed by atoms with Gasteiger partial charge in [0.15, 0.2) is 0 Å². The maximum absolute atomic E-state index is 3.78. The molecule has 10 fully saturated rings. The van der Waals surface area contributed by atoms with E-state index in [1.54, 1.807) is 64.2 Å². The molecule has 2 heterocycles. The first-order chi connectivity index (χ1) is 19.1. The van der Waals surface area contributed by atoms with E-state index in [4.69, 9.17) is 0 Å². The van der Waals surface area contributed by atoms with Gasteiger partial charge in [-0.15, -0.1) is 9.24 Å². The Kier molecular flexibility index (Phi) is 6.53. The number of hydrogen-bond acceptors (Lipinski definition) is 2. The number of allylic oxidation sites excluding steroid dienone is 4. The van der Waals surface area contributed by atoms with Gasteiger partial charge in [0.25, 0.3) is 0 Å². The lowest BCUT2D eigenvalue weighted by Crippen LogP contribution is -2.53. The quantitative estimate of drug-likeness (QED) is 0.324. The summed E-state index contributed by atoms with van der Waals surface area (Å²) in [6.07, 6.45) is 28.4. The van der Waals surface area contributed by atoms with E-state index in [1.165, 1.54) is 45.2 Å². The zero-order valence-corrected chi connectivity index (χ0v) is 26.3. The molecule has 0 spiro atoms. The van der Waals surface area contributed by atoms with Crippen LogP contribution in [0.4, 0.5) is 0 Å². The van der Waals surface area contributed by atoms with E-state index < -0.39 is 0 Å². The van der Waals surface area contributed by atoms with Crippen molar-refractivity contribution in [3.8, 4) is 0 Å². The van der Waals surface area contributed by atoms with Gasteiger partial charge in [-0.05, 0) is 180 Å². The molecule has 0 amide bonds. The van der Waals surface area contributed by atoms with Crippen molar-refractivity contribution in [1.82, 2.24) is 10.6 Å². The van der Waals surface area contributed by atoms with Gasteiger partial charge in [0.05, 0.1) is 0 Å². The Hall–Kier alpha value is 0.260. The Bertz CT molecular complexity index is 892.